The molecular formula is C17H13Cl2N5O4S. The van der Waals surface area contributed by atoms with Crippen LogP contribution >= 0.6 is 35.0 Å². The maximum Gasteiger partial charge on any atom is 0.292 e. The van der Waals surface area contributed by atoms with Crippen molar-refractivity contribution in [2.24, 2.45) is 0 Å². The summed E-state index contributed by atoms with van der Waals surface area (Å²) in [5.74, 6) is 0.610. The molecular weight excluding hydrogens is 441 g/mol. The second-order valence-electron chi connectivity index (χ2n) is 5.56. The van der Waals surface area contributed by atoms with Crippen molar-refractivity contribution in [1.29, 1.82) is 0 Å². The molecule has 0 saturated heterocycles. The third kappa shape index (κ3) is 6.08. The smallest absolute Gasteiger partial charge is 0.292 e. The predicted molar refractivity (Wildman–Crippen MR) is 110 cm³/mol. The number of H-pyrrole nitrogens is 1. The summed E-state index contributed by atoms with van der Waals surface area (Å²) in [5, 5.41) is 21.5. The summed E-state index contributed by atoms with van der Waals surface area (Å²) < 4.78 is 5.55. The molecule has 3 aromatic rings. The van der Waals surface area contributed by atoms with E-state index >= 15 is 0 Å². The molecule has 29 heavy (non-hydrogen) atoms. The summed E-state index contributed by atoms with van der Waals surface area (Å²) in [5.41, 5.74) is -0.215. The van der Waals surface area contributed by atoms with Gasteiger partial charge in [-0.1, -0.05) is 35.0 Å². The van der Waals surface area contributed by atoms with Crippen LogP contribution in [0.4, 0.5) is 11.4 Å². The quantitative estimate of drug-likeness (QED) is 0.295. The maximum absolute atomic E-state index is 12.1. The molecule has 0 unspecified atom stereocenters. The summed E-state index contributed by atoms with van der Waals surface area (Å²) in [4.78, 5) is 26.8. The first-order valence-electron chi connectivity index (χ1n) is 8.07. The first kappa shape index (κ1) is 20.9. The number of nitro groups is 1. The van der Waals surface area contributed by atoms with Crippen LogP contribution in [0.1, 0.15) is 5.82 Å². The number of halogens is 2. The zero-order chi connectivity index (χ0) is 20.8. The molecule has 0 aliphatic heterocycles. The van der Waals surface area contributed by atoms with Gasteiger partial charge in [-0.25, -0.2) is 4.98 Å². The lowest BCUT2D eigenvalue weighted by atomic mass is 10.2. The van der Waals surface area contributed by atoms with Gasteiger partial charge in [-0.2, -0.15) is 0 Å². The molecule has 0 spiro atoms. The fourth-order valence-corrected chi connectivity index (χ4v) is 3.09. The zero-order valence-electron chi connectivity index (χ0n) is 14.6. The van der Waals surface area contributed by atoms with E-state index in [-0.39, 0.29) is 28.8 Å². The number of thioether (sulfide) groups is 1. The highest BCUT2D eigenvalue weighted by Gasteiger charge is 2.17. The number of aromatic nitrogens is 3. The van der Waals surface area contributed by atoms with Gasteiger partial charge in [0.2, 0.25) is 11.1 Å². The van der Waals surface area contributed by atoms with Crippen molar-refractivity contribution in [2.75, 3.05) is 11.1 Å². The largest absolute Gasteiger partial charge is 0.486 e. The summed E-state index contributed by atoms with van der Waals surface area (Å²) >= 11 is 12.7. The van der Waals surface area contributed by atoms with Gasteiger partial charge in [-0.3, -0.25) is 20.0 Å². The fourth-order valence-electron chi connectivity index (χ4n) is 2.17. The van der Waals surface area contributed by atoms with E-state index in [0.29, 0.717) is 21.8 Å². The number of nitrogens with zero attached hydrogens (tertiary/aromatic N) is 3. The SMILES string of the molecule is O=C(CSc1n[nH]c(COc2ccc(Cl)cc2)n1)Nc1cc(Cl)ccc1[N+](=O)[O-]. The number of anilines is 1. The lowest BCUT2D eigenvalue weighted by Crippen LogP contribution is -2.15. The Morgan fingerprint density at radius 3 is 2.66 bits per heavy atom. The zero-order valence-corrected chi connectivity index (χ0v) is 16.9. The first-order valence-corrected chi connectivity index (χ1v) is 9.81. The van der Waals surface area contributed by atoms with Gasteiger partial charge in [0.25, 0.3) is 5.69 Å². The molecule has 0 bridgehead atoms. The van der Waals surface area contributed by atoms with Crippen LogP contribution in [-0.4, -0.2) is 31.8 Å². The molecule has 0 fully saturated rings. The number of amides is 1. The van der Waals surface area contributed by atoms with Crippen LogP contribution < -0.4 is 10.1 Å². The predicted octanol–water partition coefficient (Wildman–Crippen LogP) is 4.33. The second kappa shape index (κ2) is 9.59. The number of hydrogen-bond donors (Lipinski definition) is 2. The minimum Gasteiger partial charge on any atom is -0.486 e. The molecule has 1 aromatic heterocycles. The monoisotopic (exact) mass is 453 g/mol. The van der Waals surface area contributed by atoms with Crippen LogP contribution in [0.5, 0.6) is 5.75 Å². The number of ether oxygens (including phenoxy) is 1. The maximum atomic E-state index is 12.1. The normalized spacial score (nSPS) is 10.6. The molecule has 9 nitrogen and oxygen atoms in total. The van der Waals surface area contributed by atoms with Crippen molar-refractivity contribution < 1.29 is 14.5 Å². The van der Waals surface area contributed by atoms with E-state index in [0.717, 1.165) is 11.8 Å². The fraction of sp³-hybridized carbons (Fsp3) is 0.118. The Bertz CT molecular complexity index is 1030. The van der Waals surface area contributed by atoms with Crippen LogP contribution in [0.2, 0.25) is 10.0 Å². The van der Waals surface area contributed by atoms with Gasteiger partial charge in [-0.15, -0.1) is 5.10 Å². The van der Waals surface area contributed by atoms with Gasteiger partial charge in [0, 0.05) is 16.1 Å². The number of nitrogens with one attached hydrogen (secondary N) is 2. The second-order valence-corrected chi connectivity index (χ2v) is 7.38. The number of aromatic amines is 1. The van der Waals surface area contributed by atoms with Crippen molar-refractivity contribution in [1.82, 2.24) is 15.2 Å². The Hall–Kier alpha value is -2.82. The highest BCUT2D eigenvalue weighted by Crippen LogP contribution is 2.28. The number of rotatable bonds is 8. The average molecular weight is 454 g/mol. The molecule has 150 valence electrons. The van der Waals surface area contributed by atoms with Gasteiger partial charge in [0.05, 0.1) is 10.7 Å². The van der Waals surface area contributed by atoms with Gasteiger partial charge < -0.3 is 10.1 Å². The molecule has 0 saturated carbocycles. The number of nitro benzene ring substituents is 1. The van der Waals surface area contributed by atoms with Gasteiger partial charge in [0.15, 0.2) is 5.82 Å². The number of carbonyl (C=O) groups excluding carboxylic acids is 1. The van der Waals surface area contributed by atoms with Crippen LogP contribution in [-0.2, 0) is 11.4 Å². The van der Waals surface area contributed by atoms with E-state index in [1.54, 1.807) is 24.3 Å². The highest BCUT2D eigenvalue weighted by atomic mass is 35.5. The first-order chi connectivity index (χ1) is 13.9. The molecule has 12 heteroatoms. The molecule has 2 N–H and O–H groups in total. The Balaban J connectivity index is 1.52. The standard InChI is InChI=1S/C17H13Cl2N5O4S/c18-10-1-4-12(5-2-10)28-8-15-21-17(23-22-15)29-9-16(25)20-13-7-11(19)3-6-14(13)24(26)27/h1-7H,8-9H2,(H,20,25)(H,21,22,23). The van der Waals surface area contributed by atoms with E-state index in [2.05, 4.69) is 20.5 Å². The summed E-state index contributed by atoms with van der Waals surface area (Å²) in [6.07, 6.45) is 0. The molecule has 1 amide bonds. The van der Waals surface area contributed by atoms with Crippen LogP contribution in [0.15, 0.2) is 47.6 Å². The Morgan fingerprint density at radius 2 is 1.93 bits per heavy atom. The number of carbonyl (C=O) groups is 1. The lowest BCUT2D eigenvalue weighted by molar-refractivity contribution is -0.383. The summed E-state index contributed by atoms with van der Waals surface area (Å²) in [6, 6.07) is 10.8. The van der Waals surface area contributed by atoms with Crippen molar-refractivity contribution in [3.8, 4) is 5.75 Å². The van der Waals surface area contributed by atoms with E-state index < -0.39 is 10.8 Å². The Kier molecular flexibility index (Phi) is 6.91. The molecule has 3 rings (SSSR count). The number of benzene rings is 2. The summed E-state index contributed by atoms with van der Waals surface area (Å²) in [7, 11) is 0. The minimum absolute atomic E-state index is 0.0279. The third-order valence-corrected chi connectivity index (χ3v) is 4.80. The van der Waals surface area contributed by atoms with E-state index in [9.17, 15) is 14.9 Å². The van der Waals surface area contributed by atoms with Crippen LogP contribution in [0.3, 0.4) is 0 Å². The minimum atomic E-state index is -0.596. The van der Waals surface area contributed by atoms with Gasteiger partial charge in [-0.05, 0) is 36.4 Å². The van der Waals surface area contributed by atoms with E-state index in [1.807, 2.05) is 0 Å². The molecule has 0 radical (unpaired) electrons. The highest BCUT2D eigenvalue weighted by molar-refractivity contribution is 7.99. The lowest BCUT2D eigenvalue weighted by Gasteiger charge is -2.05. The summed E-state index contributed by atoms with van der Waals surface area (Å²) in [6.45, 7) is 0.163. The molecule has 0 aliphatic carbocycles. The molecule has 0 atom stereocenters. The van der Waals surface area contributed by atoms with E-state index in [1.165, 1.54) is 18.2 Å². The molecule has 1 heterocycles. The van der Waals surface area contributed by atoms with Gasteiger partial charge >= 0.3 is 0 Å². The molecule has 2 aromatic carbocycles. The topological polar surface area (TPSA) is 123 Å². The Labute approximate surface area is 178 Å². The van der Waals surface area contributed by atoms with E-state index in [4.69, 9.17) is 27.9 Å². The van der Waals surface area contributed by atoms with Crippen molar-refractivity contribution in [3.63, 3.8) is 0 Å². The molecule has 0 aliphatic rings. The third-order valence-electron chi connectivity index (χ3n) is 3.46. The van der Waals surface area contributed by atoms with Crippen molar-refractivity contribution >= 4 is 52.2 Å². The van der Waals surface area contributed by atoms with Crippen molar-refractivity contribution in [3.05, 3.63) is 68.4 Å². The van der Waals surface area contributed by atoms with Crippen molar-refractivity contribution in [2.45, 2.75) is 11.8 Å². The average Bonchev–Trinajstić information content (AvgIpc) is 3.14. The Morgan fingerprint density at radius 1 is 1.21 bits per heavy atom. The van der Waals surface area contributed by atoms with Gasteiger partial charge in [0.1, 0.15) is 18.0 Å². The number of hydrogen-bond acceptors (Lipinski definition) is 7. The van der Waals surface area contributed by atoms with Crippen LogP contribution in [0, 0.1) is 10.1 Å². The van der Waals surface area contributed by atoms with Crippen LogP contribution in [0.25, 0.3) is 0 Å².